The summed E-state index contributed by atoms with van der Waals surface area (Å²) in [4.78, 5) is 0. The normalized spacial score (nSPS) is 10.2. The monoisotopic (exact) mass is 277 g/mol. The minimum absolute atomic E-state index is 0.430. The minimum Gasteiger partial charge on any atom is -0.490 e. The van der Waals surface area contributed by atoms with Crippen LogP contribution < -0.4 is 15.2 Å². The maximum absolute atomic E-state index is 5.86. The molecule has 0 saturated carbocycles. The predicted molar refractivity (Wildman–Crippen MR) is 78.0 cm³/mol. The van der Waals surface area contributed by atoms with Crippen molar-refractivity contribution in [2.24, 2.45) is 0 Å². The Bertz CT molecular complexity index is 558. The van der Waals surface area contributed by atoms with Gasteiger partial charge in [0, 0.05) is 5.02 Å². The number of benzene rings is 2. The highest BCUT2D eigenvalue weighted by Crippen LogP contribution is 2.22. The number of hydrogen-bond donors (Lipinski definition) is 1. The second-order valence-electron chi connectivity index (χ2n) is 4.20. The molecular weight excluding hydrogens is 262 g/mol. The van der Waals surface area contributed by atoms with Crippen molar-refractivity contribution in [3.05, 3.63) is 53.1 Å². The molecule has 100 valence electrons. The predicted octanol–water partition coefficient (Wildman–Crippen LogP) is 3.69. The first-order chi connectivity index (χ1) is 9.15. The van der Waals surface area contributed by atoms with Crippen molar-refractivity contribution in [1.82, 2.24) is 0 Å². The van der Waals surface area contributed by atoms with Crippen molar-refractivity contribution in [3.8, 4) is 11.5 Å². The zero-order valence-corrected chi connectivity index (χ0v) is 11.5. The van der Waals surface area contributed by atoms with Crippen LogP contribution in [0.15, 0.2) is 42.5 Å². The fourth-order valence-corrected chi connectivity index (χ4v) is 1.85. The van der Waals surface area contributed by atoms with E-state index < -0.39 is 0 Å². The van der Waals surface area contributed by atoms with Gasteiger partial charge in [0.25, 0.3) is 0 Å². The molecule has 0 unspecified atom stereocenters. The molecule has 0 spiro atoms. The van der Waals surface area contributed by atoms with Crippen molar-refractivity contribution < 1.29 is 9.47 Å². The first-order valence-corrected chi connectivity index (χ1v) is 6.40. The molecule has 2 aromatic rings. The van der Waals surface area contributed by atoms with E-state index in [4.69, 9.17) is 26.8 Å². The van der Waals surface area contributed by atoms with E-state index in [1.54, 1.807) is 12.1 Å². The summed E-state index contributed by atoms with van der Waals surface area (Å²) in [6.45, 7) is 2.86. The summed E-state index contributed by atoms with van der Waals surface area (Å²) in [6.07, 6.45) is 0. The van der Waals surface area contributed by atoms with Crippen LogP contribution in [0.5, 0.6) is 11.5 Å². The lowest BCUT2D eigenvalue weighted by atomic mass is 10.2. The van der Waals surface area contributed by atoms with Crippen LogP contribution in [0, 0.1) is 6.92 Å². The van der Waals surface area contributed by atoms with Gasteiger partial charge in [0.2, 0.25) is 0 Å². The molecule has 19 heavy (non-hydrogen) atoms. The zero-order valence-electron chi connectivity index (χ0n) is 10.7. The third-order valence-electron chi connectivity index (χ3n) is 2.57. The summed E-state index contributed by atoms with van der Waals surface area (Å²) in [6, 6.07) is 13.0. The van der Waals surface area contributed by atoms with Gasteiger partial charge in [-0.05, 0) is 42.8 Å². The molecule has 0 radical (unpaired) electrons. The molecule has 0 aliphatic carbocycles. The first-order valence-electron chi connectivity index (χ1n) is 6.02. The average Bonchev–Trinajstić information content (AvgIpc) is 2.37. The van der Waals surface area contributed by atoms with Gasteiger partial charge in [-0.3, -0.25) is 0 Å². The summed E-state index contributed by atoms with van der Waals surface area (Å²) in [7, 11) is 0. The Hall–Kier alpha value is -1.87. The molecular formula is C15H16ClNO2. The summed E-state index contributed by atoms with van der Waals surface area (Å²) >= 11 is 5.86. The molecule has 4 heteroatoms. The molecule has 0 fully saturated rings. The van der Waals surface area contributed by atoms with Gasteiger partial charge in [0.1, 0.15) is 24.7 Å². The maximum atomic E-state index is 5.86. The van der Waals surface area contributed by atoms with Crippen molar-refractivity contribution in [2.45, 2.75) is 6.92 Å². The largest absolute Gasteiger partial charge is 0.490 e. The van der Waals surface area contributed by atoms with Crippen LogP contribution in [0.3, 0.4) is 0 Å². The molecule has 0 atom stereocenters. The number of anilines is 1. The number of nitrogens with two attached hydrogens (primary N) is 1. The molecule has 0 heterocycles. The number of halogens is 1. The van der Waals surface area contributed by atoms with Gasteiger partial charge in [-0.15, -0.1) is 0 Å². The summed E-state index contributed by atoms with van der Waals surface area (Å²) in [5.41, 5.74) is 7.60. The van der Waals surface area contributed by atoms with E-state index in [0.29, 0.717) is 29.7 Å². The lowest BCUT2D eigenvalue weighted by Gasteiger charge is -2.10. The minimum atomic E-state index is 0.430. The molecule has 2 aromatic carbocycles. The standard InChI is InChI=1S/C15H16ClNO2/c1-11-5-6-15(14(17)9-11)19-8-7-18-13-4-2-3-12(16)10-13/h2-6,9-10H,7-8,17H2,1H3. The van der Waals surface area contributed by atoms with Crippen LogP contribution >= 0.6 is 11.6 Å². The van der Waals surface area contributed by atoms with E-state index in [1.807, 2.05) is 37.3 Å². The Morgan fingerprint density at radius 2 is 1.84 bits per heavy atom. The van der Waals surface area contributed by atoms with Crippen molar-refractivity contribution in [2.75, 3.05) is 18.9 Å². The Kier molecular flexibility index (Phi) is 4.53. The highest BCUT2D eigenvalue weighted by molar-refractivity contribution is 6.30. The second-order valence-corrected chi connectivity index (χ2v) is 4.63. The summed E-state index contributed by atoms with van der Waals surface area (Å²) in [5, 5.41) is 0.654. The number of ether oxygens (including phenoxy) is 2. The van der Waals surface area contributed by atoms with E-state index in [-0.39, 0.29) is 0 Å². The first kappa shape index (κ1) is 13.6. The van der Waals surface area contributed by atoms with E-state index >= 15 is 0 Å². The third-order valence-corrected chi connectivity index (χ3v) is 2.81. The third kappa shape index (κ3) is 4.07. The SMILES string of the molecule is Cc1ccc(OCCOc2cccc(Cl)c2)c(N)c1. The molecule has 0 bridgehead atoms. The highest BCUT2D eigenvalue weighted by Gasteiger charge is 2.00. The number of nitrogen functional groups attached to an aromatic ring is 1. The topological polar surface area (TPSA) is 44.5 Å². The quantitative estimate of drug-likeness (QED) is 0.670. The van der Waals surface area contributed by atoms with Gasteiger partial charge in [-0.2, -0.15) is 0 Å². The van der Waals surface area contributed by atoms with E-state index in [1.165, 1.54) is 0 Å². The molecule has 0 amide bonds. The number of aryl methyl sites for hydroxylation is 1. The number of rotatable bonds is 5. The Morgan fingerprint density at radius 3 is 2.58 bits per heavy atom. The van der Waals surface area contributed by atoms with E-state index in [9.17, 15) is 0 Å². The van der Waals surface area contributed by atoms with Gasteiger partial charge in [-0.1, -0.05) is 23.7 Å². The summed E-state index contributed by atoms with van der Waals surface area (Å²) < 4.78 is 11.1. The molecule has 0 saturated heterocycles. The number of hydrogen-bond acceptors (Lipinski definition) is 3. The molecule has 3 nitrogen and oxygen atoms in total. The van der Waals surface area contributed by atoms with Crippen LogP contribution in [0.25, 0.3) is 0 Å². The van der Waals surface area contributed by atoms with Gasteiger partial charge in [0.05, 0.1) is 5.69 Å². The Labute approximate surface area is 117 Å². The van der Waals surface area contributed by atoms with Crippen LogP contribution in [-0.2, 0) is 0 Å². The molecule has 2 rings (SSSR count). The fraction of sp³-hybridized carbons (Fsp3) is 0.200. The van der Waals surface area contributed by atoms with Crippen LogP contribution in [0.4, 0.5) is 5.69 Å². The Morgan fingerprint density at radius 1 is 1.05 bits per heavy atom. The van der Waals surface area contributed by atoms with Gasteiger partial charge < -0.3 is 15.2 Å². The van der Waals surface area contributed by atoms with Crippen LogP contribution in [-0.4, -0.2) is 13.2 Å². The van der Waals surface area contributed by atoms with Gasteiger partial charge in [0.15, 0.2) is 0 Å². The highest BCUT2D eigenvalue weighted by atomic mass is 35.5. The van der Waals surface area contributed by atoms with Crippen molar-refractivity contribution in [1.29, 1.82) is 0 Å². The lowest BCUT2D eigenvalue weighted by molar-refractivity contribution is 0.218. The lowest BCUT2D eigenvalue weighted by Crippen LogP contribution is -2.10. The summed E-state index contributed by atoms with van der Waals surface area (Å²) in [5.74, 6) is 1.41. The van der Waals surface area contributed by atoms with E-state index in [2.05, 4.69) is 0 Å². The molecule has 0 aromatic heterocycles. The van der Waals surface area contributed by atoms with Crippen LogP contribution in [0.2, 0.25) is 5.02 Å². The fourth-order valence-electron chi connectivity index (χ4n) is 1.67. The van der Waals surface area contributed by atoms with Gasteiger partial charge in [-0.25, -0.2) is 0 Å². The van der Waals surface area contributed by atoms with Crippen molar-refractivity contribution in [3.63, 3.8) is 0 Å². The van der Waals surface area contributed by atoms with Crippen LogP contribution in [0.1, 0.15) is 5.56 Å². The molecule has 2 N–H and O–H groups in total. The zero-order chi connectivity index (χ0) is 13.7. The molecule has 0 aliphatic rings. The average molecular weight is 278 g/mol. The van der Waals surface area contributed by atoms with E-state index in [0.717, 1.165) is 11.3 Å². The smallest absolute Gasteiger partial charge is 0.142 e. The Balaban J connectivity index is 1.81. The molecule has 0 aliphatic heterocycles. The van der Waals surface area contributed by atoms with Gasteiger partial charge >= 0.3 is 0 Å². The maximum Gasteiger partial charge on any atom is 0.142 e. The van der Waals surface area contributed by atoms with Crippen molar-refractivity contribution >= 4 is 17.3 Å². The second kappa shape index (κ2) is 6.34.